The summed E-state index contributed by atoms with van der Waals surface area (Å²) in [5.41, 5.74) is -1.18. The van der Waals surface area contributed by atoms with Crippen molar-refractivity contribution < 1.29 is 89.1 Å². The molecule has 3 heterocycles. The molecule has 3 saturated heterocycles. The van der Waals surface area contributed by atoms with E-state index in [1.165, 1.54) is 12.5 Å². The molecule has 0 bridgehead atoms. The Morgan fingerprint density at radius 2 is 1.35 bits per heavy atom. The van der Waals surface area contributed by atoms with Gasteiger partial charge in [-0.1, -0.05) is 53.2 Å². The lowest BCUT2D eigenvalue weighted by Gasteiger charge is -2.70. The van der Waals surface area contributed by atoms with Gasteiger partial charge in [0.25, 0.3) is 0 Å². The maximum Gasteiger partial charge on any atom is 0.315 e. The summed E-state index contributed by atoms with van der Waals surface area (Å²) < 4.78 is 34.7. The van der Waals surface area contributed by atoms with Crippen molar-refractivity contribution in [3.05, 3.63) is 11.6 Å². The summed E-state index contributed by atoms with van der Waals surface area (Å²) in [4.78, 5) is 28.3. The zero-order chi connectivity index (χ0) is 48.3. The van der Waals surface area contributed by atoms with Crippen LogP contribution in [0.2, 0.25) is 0 Å². The largest absolute Gasteiger partial charge is 0.432 e. The summed E-state index contributed by atoms with van der Waals surface area (Å²) in [6.45, 7) is 13.4. The van der Waals surface area contributed by atoms with Gasteiger partial charge >= 0.3 is 5.97 Å². The van der Waals surface area contributed by atoms with Crippen molar-refractivity contribution in [2.24, 2.45) is 50.2 Å². The van der Waals surface area contributed by atoms with Crippen LogP contribution in [0.3, 0.4) is 0 Å². The number of hydrogen-bond donors (Lipinski definition) is 10. The van der Waals surface area contributed by atoms with Crippen molar-refractivity contribution in [3.8, 4) is 0 Å². The average molecular weight is 941 g/mol. The molecule has 8 rings (SSSR count). The van der Waals surface area contributed by atoms with Crippen LogP contribution in [-0.2, 0) is 38.0 Å². The molecule has 66 heavy (non-hydrogen) atoms. The van der Waals surface area contributed by atoms with Crippen molar-refractivity contribution in [2.45, 2.75) is 205 Å². The van der Waals surface area contributed by atoms with Crippen LogP contribution in [0.1, 0.15) is 113 Å². The average Bonchev–Trinajstić information content (AvgIpc) is 3.27. The van der Waals surface area contributed by atoms with E-state index < -0.39 is 122 Å². The van der Waals surface area contributed by atoms with Gasteiger partial charge in [-0.3, -0.25) is 9.59 Å². The molecule has 3 aliphatic heterocycles. The van der Waals surface area contributed by atoms with Gasteiger partial charge in [0.2, 0.25) is 6.29 Å². The molecule has 7 fully saturated rings. The van der Waals surface area contributed by atoms with Gasteiger partial charge in [0.1, 0.15) is 72.9 Å². The zero-order valence-electron chi connectivity index (χ0n) is 39.4. The first kappa shape index (κ1) is 50.7. The smallest absolute Gasteiger partial charge is 0.315 e. The summed E-state index contributed by atoms with van der Waals surface area (Å²) in [6.07, 6.45) is -14.9. The molecule has 8 aliphatic rings. The minimum absolute atomic E-state index is 0.0655. The highest BCUT2D eigenvalue weighted by atomic mass is 16.8. The molecule has 10 N–H and O–H groups in total. The van der Waals surface area contributed by atoms with Crippen LogP contribution < -0.4 is 0 Å². The Balaban J connectivity index is 0.977. The molecule has 18 nitrogen and oxygen atoms in total. The number of carbonyl (C=O) groups excluding carboxylic acids is 2. The topological polar surface area (TPSA) is 292 Å². The maximum atomic E-state index is 15.0. The maximum absolute atomic E-state index is 15.0. The van der Waals surface area contributed by atoms with E-state index in [2.05, 4.69) is 40.7 Å². The molecule has 0 radical (unpaired) electrons. The third-order valence-corrected chi connectivity index (χ3v) is 19.2. The second kappa shape index (κ2) is 17.8. The lowest BCUT2D eigenvalue weighted by molar-refractivity contribution is -0.361. The van der Waals surface area contributed by atoms with E-state index in [0.717, 1.165) is 38.5 Å². The fourth-order valence-corrected chi connectivity index (χ4v) is 14.6. The van der Waals surface area contributed by atoms with Crippen LogP contribution in [0, 0.1) is 50.2 Å². The van der Waals surface area contributed by atoms with Gasteiger partial charge in [-0.2, -0.15) is 0 Å². The van der Waals surface area contributed by atoms with Crippen molar-refractivity contribution in [2.75, 3.05) is 19.8 Å². The predicted octanol–water partition coefficient (Wildman–Crippen LogP) is 0.349. The summed E-state index contributed by atoms with van der Waals surface area (Å²) >= 11 is 0. The van der Waals surface area contributed by atoms with Crippen LogP contribution >= 0.6 is 0 Å². The zero-order valence-corrected chi connectivity index (χ0v) is 39.4. The predicted molar refractivity (Wildman–Crippen MR) is 229 cm³/mol. The van der Waals surface area contributed by atoms with Gasteiger partial charge in [-0.05, 0) is 104 Å². The molecule has 0 amide bonds. The third-order valence-electron chi connectivity index (χ3n) is 19.2. The lowest BCUT2D eigenvalue weighted by Crippen LogP contribution is -2.66. The normalized spacial score (nSPS) is 53.7. The van der Waals surface area contributed by atoms with Gasteiger partial charge < -0.3 is 79.5 Å². The molecular formula is C48H76O18. The second-order valence-electron chi connectivity index (χ2n) is 23.1. The van der Waals surface area contributed by atoms with Crippen LogP contribution in [0.25, 0.3) is 0 Å². The summed E-state index contributed by atoms with van der Waals surface area (Å²) in [6, 6.07) is 0. The van der Waals surface area contributed by atoms with Crippen molar-refractivity contribution in [1.82, 2.24) is 0 Å². The van der Waals surface area contributed by atoms with E-state index in [0.29, 0.717) is 25.7 Å². The number of esters is 1. The quantitative estimate of drug-likeness (QED) is 0.110. The minimum Gasteiger partial charge on any atom is -0.432 e. The first-order valence-corrected chi connectivity index (χ1v) is 24.2. The molecule has 0 spiro atoms. The standard InChI is InChI=1S/C48H76O18/c1-22-30(52)32(54)35(57)40(62-22)65-38-25(19-49)63-39(37(59)34(38)56)61-20-26-31(53)33(55)36(58)41(64-26)66-42(60)48-16-14-43(2,3)18-24(48)23-8-9-28-44(4)12-11-29(51)45(5,21-50)27(44)10-13-47(28,7)46(23,6)15-17-48/h8,22,24-28,30-41,49-50,52-59H,9-21H2,1-7H3/t22-,24-,25+,26+,27+,28+,30-,31+,32+,33-,34-,35+,36+,37+,38+,39+,40-,41-,44-,45-,46+,47+,48-/m0/s1. The summed E-state index contributed by atoms with van der Waals surface area (Å²) in [7, 11) is 0. The van der Waals surface area contributed by atoms with Gasteiger partial charge in [0.15, 0.2) is 12.6 Å². The van der Waals surface area contributed by atoms with E-state index >= 15 is 0 Å². The SMILES string of the molecule is C[C@@H]1O[C@@H](O[C@H]2[C@@H](O)[C@@H](O)[C@H](OC[C@H]3O[C@@H](OC(=O)[C@]45CCC(C)(C)C[C@H]4C4=CC[C@@H]6[C@@]7(C)CCC(=O)[C@@](C)(CO)[C@@H]7CC[C@@]6(C)[C@]4(C)CC5)[C@H](O)[C@@H](O)[C@@H]3O)O[C@@H]2CO)[C@H](O)[C@H](O)[C@H]1O. The van der Waals surface area contributed by atoms with Gasteiger partial charge in [0.05, 0.1) is 36.8 Å². The van der Waals surface area contributed by atoms with Crippen molar-refractivity contribution >= 4 is 11.8 Å². The highest BCUT2D eigenvalue weighted by Gasteiger charge is 2.70. The second-order valence-corrected chi connectivity index (χ2v) is 23.1. The number of aliphatic hydroxyl groups is 10. The number of rotatable bonds is 9. The van der Waals surface area contributed by atoms with E-state index in [9.17, 15) is 60.7 Å². The van der Waals surface area contributed by atoms with Gasteiger partial charge in [-0.15, -0.1) is 0 Å². The van der Waals surface area contributed by atoms with E-state index in [1.807, 2.05) is 6.92 Å². The number of fused-ring (bicyclic) bond motifs is 7. The molecular weight excluding hydrogens is 865 g/mol. The molecule has 376 valence electrons. The highest BCUT2D eigenvalue weighted by Crippen LogP contribution is 2.75. The van der Waals surface area contributed by atoms with Crippen LogP contribution in [-0.4, -0.2) is 175 Å². The fraction of sp³-hybridized carbons (Fsp3) is 0.917. The first-order valence-electron chi connectivity index (χ1n) is 24.2. The minimum atomic E-state index is -1.85. The molecule has 5 aliphatic carbocycles. The van der Waals surface area contributed by atoms with E-state index in [-0.39, 0.29) is 51.8 Å². The van der Waals surface area contributed by atoms with Crippen molar-refractivity contribution in [3.63, 3.8) is 0 Å². The Kier molecular flexibility index (Phi) is 13.7. The third kappa shape index (κ3) is 7.79. The van der Waals surface area contributed by atoms with Gasteiger partial charge in [-0.25, -0.2) is 0 Å². The monoisotopic (exact) mass is 941 g/mol. The summed E-state index contributed by atoms with van der Waals surface area (Å²) in [5, 5.41) is 107. The molecule has 0 aromatic heterocycles. The first-order chi connectivity index (χ1) is 30.8. The van der Waals surface area contributed by atoms with Crippen LogP contribution in [0.5, 0.6) is 0 Å². The Hall–Kier alpha value is -1.72. The molecule has 0 aromatic rings. The van der Waals surface area contributed by atoms with Crippen LogP contribution in [0.15, 0.2) is 11.6 Å². The molecule has 18 heteroatoms. The molecule has 0 unspecified atom stereocenters. The van der Waals surface area contributed by atoms with E-state index in [1.54, 1.807) is 0 Å². The Labute approximate surface area is 386 Å². The summed E-state index contributed by atoms with van der Waals surface area (Å²) in [5.74, 6) is -0.289. The number of allylic oxidation sites excluding steroid dienone is 2. The lowest BCUT2D eigenvalue weighted by atomic mass is 9.33. The molecule has 23 atom stereocenters. The number of ether oxygens (including phenoxy) is 6. The Morgan fingerprint density at radius 3 is 2.03 bits per heavy atom. The number of aliphatic hydroxyl groups excluding tert-OH is 10. The highest BCUT2D eigenvalue weighted by molar-refractivity contribution is 5.86. The number of ketones is 1. The molecule has 4 saturated carbocycles. The van der Waals surface area contributed by atoms with E-state index in [4.69, 9.17) is 28.4 Å². The number of Topliss-reactive ketones (excluding diaryl/α,β-unsaturated/α-hetero) is 1. The Morgan fingerprint density at radius 1 is 0.712 bits per heavy atom. The van der Waals surface area contributed by atoms with Gasteiger partial charge in [0, 0.05) is 6.42 Å². The fourth-order valence-electron chi connectivity index (χ4n) is 14.6. The molecule has 0 aromatic carbocycles. The van der Waals surface area contributed by atoms with Crippen molar-refractivity contribution in [1.29, 1.82) is 0 Å². The number of carbonyl (C=O) groups is 2. The Bertz CT molecular complexity index is 1840. The van der Waals surface area contributed by atoms with Crippen LogP contribution in [0.4, 0.5) is 0 Å². The number of hydrogen-bond acceptors (Lipinski definition) is 18.